The van der Waals surface area contributed by atoms with E-state index in [0.717, 1.165) is 35.4 Å². The maximum Gasteiger partial charge on any atom is 0.244 e. The first-order valence-electron chi connectivity index (χ1n) is 7.57. The van der Waals surface area contributed by atoms with Crippen LogP contribution >= 0.6 is 0 Å². The second kappa shape index (κ2) is 6.43. The van der Waals surface area contributed by atoms with Crippen LogP contribution in [0.3, 0.4) is 0 Å². The number of aromatic nitrogens is 2. The average molecular weight is 293 g/mol. The lowest BCUT2D eigenvalue weighted by atomic mass is 10.3. The SMILES string of the molecule is CCCc1nc2ccccc2n1CC(=O)Nc1ccccc1. The van der Waals surface area contributed by atoms with Gasteiger partial charge in [0.05, 0.1) is 11.0 Å². The first-order chi connectivity index (χ1) is 10.8. The Hall–Kier alpha value is -2.62. The molecule has 0 bridgehead atoms. The summed E-state index contributed by atoms with van der Waals surface area (Å²) in [6.45, 7) is 2.40. The molecule has 1 amide bonds. The normalized spacial score (nSPS) is 10.8. The molecule has 0 aliphatic rings. The van der Waals surface area contributed by atoms with E-state index in [1.165, 1.54) is 0 Å². The van der Waals surface area contributed by atoms with Gasteiger partial charge in [0.15, 0.2) is 0 Å². The number of hydrogen-bond donors (Lipinski definition) is 1. The number of benzene rings is 2. The van der Waals surface area contributed by atoms with Crippen molar-refractivity contribution in [3.63, 3.8) is 0 Å². The second-order valence-corrected chi connectivity index (χ2v) is 5.27. The molecule has 0 saturated carbocycles. The van der Waals surface area contributed by atoms with E-state index in [1.54, 1.807) is 0 Å². The number of fused-ring (bicyclic) bond motifs is 1. The van der Waals surface area contributed by atoms with E-state index in [-0.39, 0.29) is 12.5 Å². The molecule has 0 saturated heterocycles. The molecule has 0 aliphatic carbocycles. The summed E-state index contributed by atoms with van der Waals surface area (Å²) in [5, 5.41) is 2.93. The standard InChI is InChI=1S/C18H19N3O/c1-2-8-17-20-15-11-6-7-12-16(15)21(17)13-18(22)19-14-9-4-3-5-10-14/h3-7,9-12H,2,8,13H2,1H3,(H,19,22). The molecule has 0 radical (unpaired) electrons. The Labute approximate surface area is 129 Å². The van der Waals surface area contributed by atoms with Gasteiger partial charge in [-0.2, -0.15) is 0 Å². The van der Waals surface area contributed by atoms with Crippen LogP contribution in [0.2, 0.25) is 0 Å². The van der Waals surface area contributed by atoms with Crippen LogP contribution in [0, 0.1) is 0 Å². The first kappa shape index (κ1) is 14.3. The molecular weight excluding hydrogens is 274 g/mol. The van der Waals surface area contributed by atoms with Crippen LogP contribution in [0.15, 0.2) is 54.6 Å². The Kier molecular flexibility index (Phi) is 4.19. The summed E-state index contributed by atoms with van der Waals surface area (Å²) in [5.74, 6) is 0.929. The zero-order valence-corrected chi connectivity index (χ0v) is 12.6. The molecule has 0 spiro atoms. The molecule has 22 heavy (non-hydrogen) atoms. The number of carbonyl (C=O) groups is 1. The largest absolute Gasteiger partial charge is 0.325 e. The van der Waals surface area contributed by atoms with Crippen LogP contribution in [0.1, 0.15) is 19.2 Å². The highest BCUT2D eigenvalue weighted by Gasteiger charge is 2.12. The summed E-state index contributed by atoms with van der Waals surface area (Å²) in [7, 11) is 0. The van der Waals surface area contributed by atoms with Crippen molar-refractivity contribution in [3.8, 4) is 0 Å². The third kappa shape index (κ3) is 3.01. The Morgan fingerprint density at radius 3 is 2.59 bits per heavy atom. The number of anilines is 1. The van der Waals surface area contributed by atoms with Gasteiger partial charge in [0, 0.05) is 12.1 Å². The van der Waals surface area contributed by atoms with Crippen LogP contribution in [-0.2, 0) is 17.8 Å². The van der Waals surface area contributed by atoms with Crippen LogP contribution in [0.5, 0.6) is 0 Å². The number of nitrogens with zero attached hydrogens (tertiary/aromatic N) is 2. The van der Waals surface area contributed by atoms with Crippen LogP contribution in [0.4, 0.5) is 5.69 Å². The van der Waals surface area contributed by atoms with Gasteiger partial charge in [-0.3, -0.25) is 4.79 Å². The van der Waals surface area contributed by atoms with E-state index >= 15 is 0 Å². The van der Waals surface area contributed by atoms with Crippen molar-refractivity contribution in [1.82, 2.24) is 9.55 Å². The first-order valence-corrected chi connectivity index (χ1v) is 7.57. The fourth-order valence-corrected chi connectivity index (χ4v) is 2.58. The maximum absolute atomic E-state index is 12.3. The van der Waals surface area contributed by atoms with Crippen LogP contribution < -0.4 is 5.32 Å². The summed E-state index contributed by atoms with van der Waals surface area (Å²) >= 11 is 0. The molecule has 1 heterocycles. The van der Waals surface area contributed by atoms with Crippen LogP contribution in [0.25, 0.3) is 11.0 Å². The Morgan fingerprint density at radius 1 is 1.09 bits per heavy atom. The molecule has 3 rings (SSSR count). The van der Waals surface area contributed by atoms with Gasteiger partial charge in [-0.1, -0.05) is 37.3 Å². The highest BCUT2D eigenvalue weighted by molar-refractivity contribution is 5.91. The monoisotopic (exact) mass is 293 g/mol. The van der Waals surface area contributed by atoms with E-state index < -0.39 is 0 Å². The Bertz CT molecular complexity index is 777. The lowest BCUT2D eigenvalue weighted by Crippen LogP contribution is -2.20. The molecule has 0 fully saturated rings. The van der Waals surface area contributed by atoms with Gasteiger partial charge in [0.2, 0.25) is 5.91 Å². The number of para-hydroxylation sites is 3. The molecule has 0 unspecified atom stereocenters. The van der Waals surface area contributed by atoms with Gasteiger partial charge >= 0.3 is 0 Å². The molecule has 0 aliphatic heterocycles. The highest BCUT2D eigenvalue weighted by Crippen LogP contribution is 2.17. The van der Waals surface area contributed by atoms with Crippen molar-refractivity contribution in [2.45, 2.75) is 26.3 Å². The van der Waals surface area contributed by atoms with Gasteiger partial charge in [-0.25, -0.2) is 4.98 Å². The van der Waals surface area contributed by atoms with Gasteiger partial charge in [-0.15, -0.1) is 0 Å². The number of imidazole rings is 1. The second-order valence-electron chi connectivity index (χ2n) is 5.27. The van der Waals surface area contributed by atoms with Crippen molar-refractivity contribution in [1.29, 1.82) is 0 Å². The summed E-state index contributed by atoms with van der Waals surface area (Å²) in [4.78, 5) is 17.0. The minimum Gasteiger partial charge on any atom is -0.325 e. The summed E-state index contributed by atoms with van der Waals surface area (Å²) in [6, 6.07) is 17.5. The fourth-order valence-electron chi connectivity index (χ4n) is 2.58. The van der Waals surface area contributed by atoms with Crippen LogP contribution in [-0.4, -0.2) is 15.5 Å². The molecule has 0 atom stereocenters. The minimum absolute atomic E-state index is 0.0355. The lowest BCUT2D eigenvalue weighted by Gasteiger charge is -2.09. The predicted octanol–water partition coefficient (Wildman–Crippen LogP) is 3.63. The van der Waals surface area contributed by atoms with Gasteiger partial charge < -0.3 is 9.88 Å². The summed E-state index contributed by atoms with van der Waals surface area (Å²) in [5.41, 5.74) is 2.77. The molecule has 4 nitrogen and oxygen atoms in total. The lowest BCUT2D eigenvalue weighted by molar-refractivity contribution is -0.116. The number of amides is 1. The van der Waals surface area contributed by atoms with Gasteiger partial charge in [0.1, 0.15) is 12.4 Å². The fraction of sp³-hybridized carbons (Fsp3) is 0.222. The number of rotatable bonds is 5. The molecule has 4 heteroatoms. The molecule has 1 aromatic heterocycles. The molecule has 2 aromatic carbocycles. The topological polar surface area (TPSA) is 46.9 Å². The molecule has 112 valence electrons. The number of hydrogen-bond acceptors (Lipinski definition) is 2. The summed E-state index contributed by atoms with van der Waals surface area (Å²) in [6.07, 6.45) is 1.87. The third-order valence-corrected chi connectivity index (χ3v) is 3.57. The minimum atomic E-state index is -0.0355. The van der Waals surface area contributed by atoms with E-state index in [0.29, 0.717) is 0 Å². The van der Waals surface area contributed by atoms with Crippen molar-refractivity contribution < 1.29 is 4.79 Å². The zero-order chi connectivity index (χ0) is 15.4. The van der Waals surface area contributed by atoms with Crippen molar-refractivity contribution in [2.75, 3.05) is 5.32 Å². The van der Waals surface area contributed by atoms with Crippen molar-refractivity contribution in [3.05, 3.63) is 60.4 Å². The molecule has 1 N–H and O–H groups in total. The Balaban J connectivity index is 1.86. The van der Waals surface area contributed by atoms with E-state index in [9.17, 15) is 4.79 Å². The Morgan fingerprint density at radius 2 is 1.82 bits per heavy atom. The van der Waals surface area contributed by atoms with Crippen molar-refractivity contribution >= 4 is 22.6 Å². The zero-order valence-electron chi connectivity index (χ0n) is 12.6. The predicted molar refractivity (Wildman–Crippen MR) is 88.8 cm³/mol. The van der Waals surface area contributed by atoms with E-state index in [2.05, 4.69) is 17.2 Å². The van der Waals surface area contributed by atoms with Gasteiger partial charge in [-0.05, 0) is 30.7 Å². The maximum atomic E-state index is 12.3. The quantitative estimate of drug-likeness (QED) is 0.781. The van der Waals surface area contributed by atoms with E-state index in [1.807, 2.05) is 59.2 Å². The average Bonchev–Trinajstić information content (AvgIpc) is 2.86. The third-order valence-electron chi connectivity index (χ3n) is 3.57. The molecular formula is C18H19N3O. The van der Waals surface area contributed by atoms with E-state index in [4.69, 9.17) is 0 Å². The molecule has 3 aromatic rings. The number of carbonyl (C=O) groups excluding carboxylic acids is 1. The summed E-state index contributed by atoms with van der Waals surface area (Å²) < 4.78 is 2.01. The van der Waals surface area contributed by atoms with Gasteiger partial charge in [0.25, 0.3) is 0 Å². The number of aryl methyl sites for hydroxylation is 1. The number of nitrogens with one attached hydrogen (secondary N) is 1. The highest BCUT2D eigenvalue weighted by atomic mass is 16.1. The van der Waals surface area contributed by atoms with Crippen molar-refractivity contribution in [2.24, 2.45) is 0 Å². The smallest absolute Gasteiger partial charge is 0.244 e.